The number of sulfonamides is 2. The quantitative estimate of drug-likeness (QED) is 0.677. The highest BCUT2D eigenvalue weighted by Gasteiger charge is 2.27. The van der Waals surface area contributed by atoms with E-state index in [1.807, 2.05) is 6.92 Å². The molecule has 10 heteroatoms. The van der Waals surface area contributed by atoms with E-state index in [2.05, 4.69) is 4.72 Å². The van der Waals surface area contributed by atoms with Crippen molar-refractivity contribution in [1.29, 1.82) is 0 Å². The molecular weight excluding hydrogens is 416 g/mol. The molecule has 2 aromatic rings. The summed E-state index contributed by atoms with van der Waals surface area (Å²) in [5.41, 5.74) is 0.305. The summed E-state index contributed by atoms with van der Waals surface area (Å²) in [6, 6.07) is 9.92. The first kappa shape index (κ1) is 21.4. The highest BCUT2D eigenvalue weighted by Crippen LogP contribution is 2.31. The van der Waals surface area contributed by atoms with Crippen molar-refractivity contribution in [3.05, 3.63) is 42.5 Å². The van der Waals surface area contributed by atoms with E-state index in [0.29, 0.717) is 36.9 Å². The summed E-state index contributed by atoms with van der Waals surface area (Å²) in [4.78, 5) is 0.0480. The van der Waals surface area contributed by atoms with Crippen LogP contribution in [0.3, 0.4) is 0 Å². The fourth-order valence-corrected chi connectivity index (χ4v) is 5.65. The molecule has 2 aromatic carbocycles. The van der Waals surface area contributed by atoms with Crippen molar-refractivity contribution in [3.8, 4) is 11.5 Å². The summed E-state index contributed by atoms with van der Waals surface area (Å²) >= 11 is 0. The zero-order chi connectivity index (χ0) is 21.1. The molecule has 158 valence electrons. The first-order chi connectivity index (χ1) is 13.8. The van der Waals surface area contributed by atoms with Gasteiger partial charge < -0.3 is 9.47 Å². The Hall–Kier alpha value is -2.30. The third-order valence-electron chi connectivity index (χ3n) is 4.55. The van der Waals surface area contributed by atoms with E-state index >= 15 is 0 Å². The third-order valence-corrected chi connectivity index (χ3v) is 7.86. The Labute approximate surface area is 171 Å². The Morgan fingerprint density at radius 2 is 1.55 bits per heavy atom. The molecule has 0 unspecified atom stereocenters. The van der Waals surface area contributed by atoms with Crippen LogP contribution in [0.2, 0.25) is 0 Å². The van der Waals surface area contributed by atoms with E-state index in [4.69, 9.17) is 9.47 Å². The Morgan fingerprint density at radius 3 is 2.14 bits per heavy atom. The van der Waals surface area contributed by atoms with Gasteiger partial charge in [0.05, 0.1) is 29.2 Å². The number of nitrogens with one attached hydrogen (secondary N) is 1. The number of methoxy groups -OCH3 is 1. The number of hydrogen-bond donors (Lipinski definition) is 1. The van der Waals surface area contributed by atoms with Crippen LogP contribution in [0.5, 0.6) is 11.5 Å². The normalized spacial score (nSPS) is 15.2. The van der Waals surface area contributed by atoms with Gasteiger partial charge in [-0.05, 0) is 56.2 Å². The van der Waals surface area contributed by atoms with E-state index in [1.54, 1.807) is 12.1 Å². The summed E-state index contributed by atoms with van der Waals surface area (Å²) < 4.78 is 65.1. The molecule has 0 radical (unpaired) electrons. The van der Waals surface area contributed by atoms with Crippen LogP contribution < -0.4 is 14.2 Å². The van der Waals surface area contributed by atoms with Crippen molar-refractivity contribution in [2.24, 2.45) is 0 Å². The molecule has 3 rings (SSSR count). The standard InChI is InChI=1S/C19H24N2O6S2/c1-3-27-18-11-6-15(14-19(18)26-2)20-28(22,23)16-7-9-17(10-8-16)29(24,25)21-12-4-5-13-21/h6-11,14,20H,3-5,12-13H2,1-2H3. The lowest BCUT2D eigenvalue weighted by molar-refractivity contribution is 0.311. The van der Waals surface area contributed by atoms with Gasteiger partial charge >= 0.3 is 0 Å². The molecule has 1 saturated heterocycles. The van der Waals surface area contributed by atoms with E-state index in [1.165, 1.54) is 41.7 Å². The minimum Gasteiger partial charge on any atom is -0.493 e. The lowest BCUT2D eigenvalue weighted by Gasteiger charge is -2.16. The Kier molecular flexibility index (Phi) is 6.35. The molecule has 0 bridgehead atoms. The monoisotopic (exact) mass is 440 g/mol. The second-order valence-electron chi connectivity index (χ2n) is 6.49. The summed E-state index contributed by atoms with van der Waals surface area (Å²) in [7, 11) is -6.02. The molecule has 29 heavy (non-hydrogen) atoms. The van der Waals surface area contributed by atoms with Crippen LogP contribution in [0.25, 0.3) is 0 Å². The molecule has 1 fully saturated rings. The highest BCUT2D eigenvalue weighted by molar-refractivity contribution is 7.92. The zero-order valence-electron chi connectivity index (χ0n) is 16.3. The number of anilines is 1. The SMILES string of the molecule is CCOc1ccc(NS(=O)(=O)c2ccc(S(=O)(=O)N3CCCC3)cc2)cc1OC. The molecule has 8 nitrogen and oxygen atoms in total. The van der Waals surface area contributed by atoms with Crippen molar-refractivity contribution in [2.45, 2.75) is 29.6 Å². The first-order valence-corrected chi connectivity index (χ1v) is 12.1. The Balaban J connectivity index is 1.81. The summed E-state index contributed by atoms with van der Waals surface area (Å²) in [5.74, 6) is 0.911. The Bertz CT molecular complexity index is 1060. The van der Waals surface area contributed by atoms with E-state index in [0.717, 1.165) is 12.8 Å². The molecule has 1 heterocycles. The largest absolute Gasteiger partial charge is 0.493 e. The van der Waals surface area contributed by atoms with Gasteiger partial charge in [0.2, 0.25) is 10.0 Å². The van der Waals surface area contributed by atoms with Crippen LogP contribution in [0.4, 0.5) is 5.69 Å². The lowest BCUT2D eigenvalue weighted by atomic mass is 10.3. The minimum atomic E-state index is -3.90. The maximum atomic E-state index is 12.7. The van der Waals surface area contributed by atoms with E-state index < -0.39 is 20.0 Å². The predicted octanol–water partition coefficient (Wildman–Crippen LogP) is 2.68. The van der Waals surface area contributed by atoms with Crippen LogP contribution in [0, 0.1) is 0 Å². The van der Waals surface area contributed by atoms with Crippen molar-refractivity contribution in [1.82, 2.24) is 4.31 Å². The second kappa shape index (κ2) is 8.60. The maximum absolute atomic E-state index is 12.7. The number of benzene rings is 2. The van der Waals surface area contributed by atoms with Gasteiger partial charge in [-0.15, -0.1) is 0 Å². The van der Waals surface area contributed by atoms with Gasteiger partial charge in [0.25, 0.3) is 10.0 Å². The van der Waals surface area contributed by atoms with Crippen molar-refractivity contribution in [3.63, 3.8) is 0 Å². The van der Waals surface area contributed by atoms with Crippen LogP contribution in [0.15, 0.2) is 52.3 Å². The third kappa shape index (κ3) is 4.65. The average molecular weight is 441 g/mol. The number of ether oxygens (including phenoxy) is 2. The molecule has 1 aliphatic rings. The fourth-order valence-electron chi connectivity index (χ4n) is 3.09. The van der Waals surface area contributed by atoms with Gasteiger partial charge in [0.15, 0.2) is 11.5 Å². The maximum Gasteiger partial charge on any atom is 0.261 e. The summed E-state index contributed by atoms with van der Waals surface area (Å²) in [5, 5.41) is 0. The van der Waals surface area contributed by atoms with Gasteiger partial charge in [-0.3, -0.25) is 4.72 Å². The molecule has 1 aliphatic heterocycles. The van der Waals surface area contributed by atoms with Gasteiger partial charge in [0.1, 0.15) is 0 Å². The number of nitrogens with zero attached hydrogens (tertiary/aromatic N) is 1. The van der Waals surface area contributed by atoms with E-state index in [-0.39, 0.29) is 9.79 Å². The number of hydrogen-bond acceptors (Lipinski definition) is 6. The molecule has 0 aliphatic carbocycles. The zero-order valence-corrected chi connectivity index (χ0v) is 17.9. The molecule has 0 spiro atoms. The molecule has 0 aromatic heterocycles. The molecule has 1 N–H and O–H groups in total. The van der Waals surface area contributed by atoms with Crippen molar-refractivity contribution in [2.75, 3.05) is 31.5 Å². The summed E-state index contributed by atoms with van der Waals surface area (Å²) in [6.45, 7) is 3.27. The summed E-state index contributed by atoms with van der Waals surface area (Å²) in [6.07, 6.45) is 1.67. The van der Waals surface area contributed by atoms with E-state index in [9.17, 15) is 16.8 Å². The predicted molar refractivity (Wildman–Crippen MR) is 109 cm³/mol. The second-order valence-corrected chi connectivity index (χ2v) is 10.1. The minimum absolute atomic E-state index is 0.0364. The van der Waals surface area contributed by atoms with Crippen molar-refractivity contribution < 1.29 is 26.3 Å². The van der Waals surface area contributed by atoms with Gasteiger partial charge in [-0.1, -0.05) is 0 Å². The first-order valence-electron chi connectivity index (χ1n) is 9.22. The molecule has 0 atom stereocenters. The highest BCUT2D eigenvalue weighted by atomic mass is 32.2. The topological polar surface area (TPSA) is 102 Å². The molecule has 0 amide bonds. The fraction of sp³-hybridized carbons (Fsp3) is 0.368. The smallest absolute Gasteiger partial charge is 0.261 e. The van der Waals surface area contributed by atoms with Gasteiger partial charge in [0, 0.05) is 19.2 Å². The van der Waals surface area contributed by atoms with Crippen LogP contribution in [-0.4, -0.2) is 47.9 Å². The molecule has 0 saturated carbocycles. The van der Waals surface area contributed by atoms with Gasteiger partial charge in [-0.25, -0.2) is 16.8 Å². The lowest BCUT2D eigenvalue weighted by Crippen LogP contribution is -2.27. The van der Waals surface area contributed by atoms with Crippen LogP contribution in [0.1, 0.15) is 19.8 Å². The van der Waals surface area contributed by atoms with Gasteiger partial charge in [-0.2, -0.15) is 4.31 Å². The number of rotatable bonds is 8. The van der Waals surface area contributed by atoms with Crippen LogP contribution in [-0.2, 0) is 20.0 Å². The van der Waals surface area contributed by atoms with Crippen LogP contribution >= 0.6 is 0 Å². The Morgan fingerprint density at radius 1 is 0.931 bits per heavy atom. The van der Waals surface area contributed by atoms with Crippen molar-refractivity contribution >= 4 is 25.7 Å². The average Bonchev–Trinajstić information content (AvgIpc) is 3.25. The molecular formula is C19H24N2O6S2.